The van der Waals surface area contributed by atoms with Gasteiger partial charge in [0, 0.05) is 35.8 Å². The number of benzene rings is 2. The van der Waals surface area contributed by atoms with Crippen molar-refractivity contribution < 1.29 is 13.2 Å². The van der Waals surface area contributed by atoms with Crippen LogP contribution in [0.5, 0.6) is 0 Å². The van der Waals surface area contributed by atoms with Gasteiger partial charge < -0.3 is 4.90 Å². The number of likely N-dealkylation sites (tertiary alicyclic amines) is 1. The van der Waals surface area contributed by atoms with Crippen molar-refractivity contribution in [2.75, 3.05) is 13.1 Å². The van der Waals surface area contributed by atoms with Gasteiger partial charge in [0.1, 0.15) is 5.82 Å². The first-order valence-corrected chi connectivity index (χ1v) is 9.11. The van der Waals surface area contributed by atoms with E-state index in [1.54, 1.807) is 12.1 Å². The molecule has 2 aromatic carbocycles. The summed E-state index contributed by atoms with van der Waals surface area (Å²) in [5.41, 5.74) is 1.81. The zero-order valence-electron chi connectivity index (χ0n) is 15.0. The van der Waals surface area contributed by atoms with Crippen LogP contribution in [0.2, 0.25) is 0 Å². The summed E-state index contributed by atoms with van der Waals surface area (Å²) in [6, 6.07) is 10.9. The van der Waals surface area contributed by atoms with Gasteiger partial charge in [-0.2, -0.15) is 8.78 Å². The molecule has 1 saturated heterocycles. The molecule has 2 aromatic rings. The monoisotopic (exact) mass is 359 g/mol. The van der Waals surface area contributed by atoms with E-state index >= 15 is 0 Å². The number of nitrogens with zero attached hydrogens (tertiary/aromatic N) is 1. The molecule has 26 heavy (non-hydrogen) atoms. The van der Waals surface area contributed by atoms with Gasteiger partial charge in [0.15, 0.2) is 0 Å². The molecular weight excluding hydrogens is 335 g/mol. The van der Waals surface area contributed by atoms with Gasteiger partial charge in [-0.05, 0) is 49.1 Å². The van der Waals surface area contributed by atoms with Crippen LogP contribution in [0.15, 0.2) is 60.8 Å². The zero-order chi connectivity index (χ0) is 18.7. The molecule has 4 heteroatoms. The van der Waals surface area contributed by atoms with Crippen molar-refractivity contribution in [3.63, 3.8) is 0 Å². The van der Waals surface area contributed by atoms with Crippen LogP contribution in [0.25, 0.3) is 0 Å². The maximum atomic E-state index is 14.7. The van der Waals surface area contributed by atoms with Gasteiger partial charge in [0.2, 0.25) is 0 Å². The normalized spacial score (nSPS) is 18.2. The number of hydrogen-bond acceptors (Lipinski definition) is 1. The molecule has 3 rings (SSSR count). The Balaban J connectivity index is 1.81. The summed E-state index contributed by atoms with van der Waals surface area (Å²) in [5.74, 6) is -3.49. The van der Waals surface area contributed by atoms with Gasteiger partial charge in [0.25, 0.3) is 5.92 Å². The van der Waals surface area contributed by atoms with E-state index in [4.69, 9.17) is 0 Å². The van der Waals surface area contributed by atoms with Gasteiger partial charge in [-0.15, -0.1) is 0 Å². The van der Waals surface area contributed by atoms with E-state index in [0.29, 0.717) is 0 Å². The Morgan fingerprint density at radius 2 is 1.62 bits per heavy atom. The molecule has 0 amide bonds. The first-order chi connectivity index (χ1) is 12.4. The molecule has 1 heterocycles. The quantitative estimate of drug-likeness (QED) is 0.626. The minimum absolute atomic E-state index is 0.0836. The largest absolute Gasteiger partial charge is 0.375 e. The fraction of sp³-hybridized carbons (Fsp3) is 0.364. The molecule has 1 unspecified atom stereocenters. The Morgan fingerprint density at radius 1 is 1.04 bits per heavy atom. The van der Waals surface area contributed by atoms with Crippen LogP contribution in [0.1, 0.15) is 48.8 Å². The molecule has 1 atom stereocenters. The number of hydrogen-bond donors (Lipinski definition) is 0. The van der Waals surface area contributed by atoms with Crippen molar-refractivity contribution in [1.82, 2.24) is 4.90 Å². The summed E-state index contributed by atoms with van der Waals surface area (Å²) in [6.07, 6.45) is 3.14. The Kier molecular flexibility index (Phi) is 5.40. The maximum Gasteiger partial charge on any atom is 0.298 e. The van der Waals surface area contributed by atoms with Crippen LogP contribution in [0, 0.1) is 5.82 Å². The van der Waals surface area contributed by atoms with Crippen LogP contribution in [-0.4, -0.2) is 18.0 Å². The Labute approximate surface area is 153 Å². The van der Waals surface area contributed by atoms with E-state index in [1.165, 1.54) is 12.1 Å². The van der Waals surface area contributed by atoms with Gasteiger partial charge >= 0.3 is 0 Å². The Bertz CT molecular complexity index is 748. The molecule has 0 aromatic heterocycles. The highest BCUT2D eigenvalue weighted by Gasteiger charge is 2.34. The van der Waals surface area contributed by atoms with E-state index in [0.717, 1.165) is 67.9 Å². The van der Waals surface area contributed by atoms with Gasteiger partial charge in [0.05, 0.1) is 0 Å². The second-order valence-corrected chi connectivity index (χ2v) is 6.88. The summed E-state index contributed by atoms with van der Waals surface area (Å²) >= 11 is 0. The molecule has 1 aliphatic rings. The van der Waals surface area contributed by atoms with Crippen molar-refractivity contribution in [1.29, 1.82) is 0 Å². The lowest BCUT2D eigenvalue weighted by molar-refractivity contribution is 0.0427. The Morgan fingerprint density at radius 3 is 2.19 bits per heavy atom. The molecule has 0 aliphatic carbocycles. The summed E-state index contributed by atoms with van der Waals surface area (Å²) in [4.78, 5) is 2.30. The zero-order valence-corrected chi connectivity index (χ0v) is 15.0. The molecule has 138 valence electrons. The third-order valence-electron chi connectivity index (χ3n) is 5.11. The Hall–Kier alpha value is -2.23. The van der Waals surface area contributed by atoms with Crippen LogP contribution in [0.4, 0.5) is 13.2 Å². The number of alkyl halides is 2. The van der Waals surface area contributed by atoms with Crippen molar-refractivity contribution in [3.05, 3.63) is 83.3 Å². The smallest absolute Gasteiger partial charge is 0.298 e. The van der Waals surface area contributed by atoms with Crippen molar-refractivity contribution in [2.45, 2.75) is 38.0 Å². The minimum atomic E-state index is -3.15. The van der Waals surface area contributed by atoms with Gasteiger partial charge in [-0.25, -0.2) is 4.39 Å². The van der Waals surface area contributed by atoms with Crippen molar-refractivity contribution in [2.24, 2.45) is 0 Å². The summed E-state index contributed by atoms with van der Waals surface area (Å²) in [6.45, 7) is 8.38. The van der Waals surface area contributed by atoms with E-state index in [-0.39, 0.29) is 17.0 Å². The van der Waals surface area contributed by atoms with Gasteiger partial charge in [-0.1, -0.05) is 37.8 Å². The summed E-state index contributed by atoms with van der Waals surface area (Å²) in [5, 5.41) is 0. The number of allylic oxidation sites excluding steroid dienone is 1. The van der Waals surface area contributed by atoms with Crippen LogP contribution < -0.4 is 0 Å². The number of rotatable bonds is 5. The first-order valence-electron chi connectivity index (χ1n) is 9.11. The topological polar surface area (TPSA) is 3.24 Å². The van der Waals surface area contributed by atoms with E-state index in [1.807, 2.05) is 0 Å². The van der Waals surface area contributed by atoms with E-state index < -0.39 is 11.7 Å². The van der Waals surface area contributed by atoms with Crippen molar-refractivity contribution >= 4 is 0 Å². The SMILES string of the molecule is C=C1C(c2ccc(C(F)(F)c3ccc(F)cc3)cc2)CCCN1CCC. The first kappa shape index (κ1) is 18.6. The molecule has 0 spiro atoms. The summed E-state index contributed by atoms with van der Waals surface area (Å²) < 4.78 is 42.4. The lowest BCUT2D eigenvalue weighted by Crippen LogP contribution is -2.32. The van der Waals surface area contributed by atoms with Crippen molar-refractivity contribution in [3.8, 4) is 0 Å². The van der Waals surface area contributed by atoms with Crippen LogP contribution in [0.3, 0.4) is 0 Å². The second kappa shape index (κ2) is 7.56. The predicted octanol–water partition coefficient (Wildman–Crippen LogP) is 6.07. The molecule has 0 N–H and O–H groups in total. The molecule has 0 bridgehead atoms. The predicted molar refractivity (Wildman–Crippen MR) is 98.8 cm³/mol. The number of halogens is 3. The highest BCUT2D eigenvalue weighted by molar-refractivity contribution is 5.37. The lowest BCUT2D eigenvalue weighted by Gasteiger charge is -2.37. The average Bonchev–Trinajstić information content (AvgIpc) is 2.64. The van der Waals surface area contributed by atoms with E-state index in [9.17, 15) is 13.2 Å². The second-order valence-electron chi connectivity index (χ2n) is 6.88. The molecule has 1 nitrogen and oxygen atoms in total. The highest BCUT2D eigenvalue weighted by Crippen LogP contribution is 2.38. The molecular formula is C22H24F3N. The number of piperidine rings is 1. The fourth-order valence-corrected chi connectivity index (χ4v) is 3.65. The standard InChI is InChI=1S/C22H24F3N/c1-3-14-26-15-4-5-21(16(26)2)17-6-8-18(9-7-17)22(24,25)19-10-12-20(23)13-11-19/h6-13,21H,2-5,14-15H2,1H3. The molecule has 0 saturated carbocycles. The average molecular weight is 359 g/mol. The van der Waals surface area contributed by atoms with Crippen LogP contribution in [-0.2, 0) is 5.92 Å². The third kappa shape index (κ3) is 3.64. The molecule has 1 fully saturated rings. The van der Waals surface area contributed by atoms with Gasteiger partial charge in [-0.3, -0.25) is 0 Å². The van der Waals surface area contributed by atoms with Crippen LogP contribution >= 0.6 is 0 Å². The maximum absolute atomic E-state index is 14.7. The highest BCUT2D eigenvalue weighted by atomic mass is 19.3. The fourth-order valence-electron chi connectivity index (χ4n) is 3.65. The van der Waals surface area contributed by atoms with E-state index in [2.05, 4.69) is 18.4 Å². The molecule has 1 aliphatic heterocycles. The third-order valence-corrected chi connectivity index (χ3v) is 5.11. The lowest BCUT2D eigenvalue weighted by atomic mass is 9.86. The molecule has 0 radical (unpaired) electrons. The minimum Gasteiger partial charge on any atom is -0.375 e. The summed E-state index contributed by atoms with van der Waals surface area (Å²) in [7, 11) is 0.